The van der Waals surface area contributed by atoms with Crippen molar-refractivity contribution in [2.24, 2.45) is 0 Å². The van der Waals surface area contributed by atoms with Crippen LogP contribution in [0.5, 0.6) is 11.5 Å². The quantitative estimate of drug-likeness (QED) is 0.413. The fraction of sp³-hybridized carbons (Fsp3) is 0.190. The van der Waals surface area contributed by atoms with Crippen LogP contribution < -0.4 is 15.0 Å². The van der Waals surface area contributed by atoms with Crippen molar-refractivity contribution < 1.29 is 23.5 Å². The van der Waals surface area contributed by atoms with Crippen molar-refractivity contribution in [3.63, 3.8) is 0 Å². The van der Waals surface area contributed by atoms with Crippen LogP contribution in [0.1, 0.15) is 5.89 Å². The summed E-state index contributed by atoms with van der Waals surface area (Å²) in [5, 5.41) is 4.32. The van der Waals surface area contributed by atoms with E-state index in [0.717, 1.165) is 0 Å². The van der Waals surface area contributed by atoms with Gasteiger partial charge >= 0.3 is 5.97 Å². The van der Waals surface area contributed by atoms with E-state index in [4.69, 9.17) is 18.7 Å². The number of fused-ring (bicyclic) bond motifs is 1. The molecule has 0 amide bonds. The largest absolute Gasteiger partial charge is 0.497 e. The molecular formula is C21H18N4O6. The molecule has 10 heteroatoms. The Balaban J connectivity index is 1.43. The number of nitrogens with zero attached hydrogens (tertiary/aromatic N) is 4. The van der Waals surface area contributed by atoms with Gasteiger partial charge in [-0.05, 0) is 24.3 Å². The van der Waals surface area contributed by atoms with Gasteiger partial charge in [-0.2, -0.15) is 4.98 Å². The highest BCUT2D eigenvalue weighted by Crippen LogP contribution is 2.31. The maximum atomic E-state index is 12.5. The van der Waals surface area contributed by atoms with Crippen LogP contribution in [0.4, 0.5) is 0 Å². The van der Waals surface area contributed by atoms with Gasteiger partial charge in [-0.1, -0.05) is 17.3 Å². The van der Waals surface area contributed by atoms with Gasteiger partial charge in [-0.15, -0.1) is 0 Å². The number of methoxy groups -OCH3 is 2. The highest BCUT2D eigenvalue weighted by molar-refractivity contribution is 5.77. The standard InChI is InChI=1S/C21H18N4O6/c1-28-13-7-8-15(17(9-13)29-2)20-23-18(31-24-20)11-30-19(26)10-25-12-22-16-6-4-3-5-14(16)21(25)27/h3-9,12H,10-11H2,1-2H3. The SMILES string of the molecule is COc1ccc(-c2noc(COC(=O)Cn3cnc4ccccc4c3=O)n2)c(OC)c1. The monoisotopic (exact) mass is 422 g/mol. The molecule has 0 aliphatic rings. The molecule has 0 saturated carbocycles. The van der Waals surface area contributed by atoms with Crippen LogP contribution in [-0.2, 0) is 22.7 Å². The van der Waals surface area contributed by atoms with Gasteiger partial charge in [-0.3, -0.25) is 14.2 Å². The van der Waals surface area contributed by atoms with Gasteiger partial charge < -0.3 is 18.7 Å². The minimum absolute atomic E-state index is 0.102. The van der Waals surface area contributed by atoms with E-state index in [1.165, 1.54) is 18.0 Å². The fourth-order valence-corrected chi connectivity index (χ4v) is 2.95. The highest BCUT2D eigenvalue weighted by atomic mass is 16.6. The van der Waals surface area contributed by atoms with E-state index in [9.17, 15) is 9.59 Å². The summed E-state index contributed by atoms with van der Waals surface area (Å²) in [7, 11) is 3.07. The van der Waals surface area contributed by atoms with E-state index < -0.39 is 5.97 Å². The molecular weight excluding hydrogens is 404 g/mol. The van der Waals surface area contributed by atoms with Crippen molar-refractivity contribution in [3.8, 4) is 22.9 Å². The molecule has 10 nitrogen and oxygen atoms in total. The number of hydrogen-bond donors (Lipinski definition) is 0. The van der Waals surface area contributed by atoms with Gasteiger partial charge in [0.25, 0.3) is 11.4 Å². The molecule has 2 aromatic carbocycles. The Morgan fingerprint density at radius 2 is 1.97 bits per heavy atom. The summed E-state index contributed by atoms with van der Waals surface area (Å²) in [6, 6.07) is 12.1. The van der Waals surface area contributed by atoms with E-state index in [1.54, 1.807) is 49.6 Å². The Morgan fingerprint density at radius 1 is 1.13 bits per heavy atom. The van der Waals surface area contributed by atoms with E-state index in [0.29, 0.717) is 28.0 Å². The molecule has 0 bridgehead atoms. The zero-order valence-electron chi connectivity index (χ0n) is 16.8. The second-order valence-corrected chi connectivity index (χ2v) is 6.43. The summed E-state index contributed by atoms with van der Waals surface area (Å²) in [4.78, 5) is 33.0. The number of ether oxygens (including phenoxy) is 3. The zero-order chi connectivity index (χ0) is 21.8. The maximum Gasteiger partial charge on any atom is 0.326 e. The molecule has 4 rings (SSSR count). The lowest BCUT2D eigenvalue weighted by atomic mass is 10.2. The van der Waals surface area contributed by atoms with Crippen molar-refractivity contribution >= 4 is 16.9 Å². The molecule has 0 saturated heterocycles. The maximum absolute atomic E-state index is 12.5. The lowest BCUT2D eigenvalue weighted by Gasteiger charge is -2.07. The predicted octanol–water partition coefficient (Wildman–Crippen LogP) is 2.21. The topological polar surface area (TPSA) is 119 Å². The molecule has 0 unspecified atom stereocenters. The van der Waals surface area contributed by atoms with Gasteiger partial charge in [-0.25, -0.2) is 4.98 Å². The molecule has 4 aromatic rings. The third kappa shape index (κ3) is 4.22. The summed E-state index contributed by atoms with van der Waals surface area (Å²) in [5.41, 5.74) is 0.831. The molecule has 0 radical (unpaired) electrons. The second kappa shape index (κ2) is 8.66. The number of rotatable bonds is 7. The molecule has 0 N–H and O–H groups in total. The Bertz CT molecular complexity index is 1300. The third-order valence-corrected chi connectivity index (χ3v) is 4.51. The van der Waals surface area contributed by atoms with E-state index in [2.05, 4.69) is 15.1 Å². The van der Waals surface area contributed by atoms with Crippen molar-refractivity contribution in [1.82, 2.24) is 19.7 Å². The summed E-state index contributed by atoms with van der Waals surface area (Å²) in [6.45, 7) is -0.524. The third-order valence-electron chi connectivity index (χ3n) is 4.51. The van der Waals surface area contributed by atoms with Crippen LogP contribution in [0.15, 0.2) is 58.1 Å². The molecule has 2 heterocycles. The molecule has 0 fully saturated rings. The highest BCUT2D eigenvalue weighted by Gasteiger charge is 2.16. The molecule has 158 valence electrons. The smallest absolute Gasteiger partial charge is 0.326 e. The molecule has 0 aliphatic carbocycles. The first-order valence-electron chi connectivity index (χ1n) is 9.24. The summed E-state index contributed by atoms with van der Waals surface area (Å²) >= 11 is 0. The van der Waals surface area contributed by atoms with Crippen molar-refractivity contribution in [2.45, 2.75) is 13.2 Å². The van der Waals surface area contributed by atoms with E-state index >= 15 is 0 Å². The average molecular weight is 422 g/mol. The first-order chi connectivity index (χ1) is 15.1. The number of aromatic nitrogens is 4. The number of esters is 1. The summed E-state index contributed by atoms with van der Waals surface area (Å²) < 4.78 is 22.0. The number of hydrogen-bond acceptors (Lipinski definition) is 9. The van der Waals surface area contributed by atoms with Crippen molar-refractivity contribution in [1.29, 1.82) is 0 Å². The van der Waals surface area contributed by atoms with Crippen LogP contribution >= 0.6 is 0 Å². The van der Waals surface area contributed by atoms with Gasteiger partial charge in [0.05, 0.1) is 37.0 Å². The lowest BCUT2D eigenvalue weighted by Crippen LogP contribution is -2.25. The van der Waals surface area contributed by atoms with Crippen LogP contribution in [0.3, 0.4) is 0 Å². The Labute approximate surface area is 176 Å². The van der Waals surface area contributed by atoms with Crippen LogP contribution in [0.25, 0.3) is 22.3 Å². The number of carbonyl (C=O) groups is 1. The predicted molar refractivity (Wildman–Crippen MR) is 109 cm³/mol. The van der Waals surface area contributed by atoms with Gasteiger partial charge in [0.1, 0.15) is 18.0 Å². The number of para-hydroxylation sites is 1. The minimum Gasteiger partial charge on any atom is -0.497 e. The van der Waals surface area contributed by atoms with Gasteiger partial charge in [0.2, 0.25) is 5.82 Å². The van der Waals surface area contributed by atoms with Crippen LogP contribution in [0.2, 0.25) is 0 Å². The molecule has 2 aromatic heterocycles. The number of benzene rings is 2. The van der Waals surface area contributed by atoms with E-state index in [1.807, 2.05) is 0 Å². The lowest BCUT2D eigenvalue weighted by molar-refractivity contribution is -0.146. The van der Waals surface area contributed by atoms with Crippen molar-refractivity contribution in [3.05, 3.63) is 65.0 Å². The van der Waals surface area contributed by atoms with Crippen LogP contribution in [-0.4, -0.2) is 39.9 Å². The van der Waals surface area contributed by atoms with Crippen LogP contribution in [0, 0.1) is 0 Å². The summed E-state index contributed by atoms with van der Waals surface area (Å²) in [6.07, 6.45) is 1.31. The zero-order valence-corrected chi connectivity index (χ0v) is 16.8. The Hall–Kier alpha value is -4.21. The molecule has 31 heavy (non-hydrogen) atoms. The van der Waals surface area contributed by atoms with E-state index in [-0.39, 0.29) is 30.4 Å². The number of carbonyl (C=O) groups excluding carboxylic acids is 1. The fourth-order valence-electron chi connectivity index (χ4n) is 2.95. The van der Waals surface area contributed by atoms with Crippen molar-refractivity contribution in [2.75, 3.05) is 14.2 Å². The van der Waals surface area contributed by atoms with Gasteiger partial charge in [0, 0.05) is 6.07 Å². The minimum atomic E-state index is -0.638. The Morgan fingerprint density at radius 3 is 2.77 bits per heavy atom. The second-order valence-electron chi connectivity index (χ2n) is 6.43. The normalized spacial score (nSPS) is 10.8. The molecule has 0 atom stereocenters. The first kappa shape index (κ1) is 20.1. The molecule has 0 spiro atoms. The first-order valence-corrected chi connectivity index (χ1v) is 9.24. The Kier molecular flexibility index (Phi) is 5.61. The van der Waals surface area contributed by atoms with Gasteiger partial charge in [0.15, 0.2) is 6.61 Å². The average Bonchev–Trinajstić information content (AvgIpc) is 3.28. The molecule has 0 aliphatic heterocycles. The summed E-state index contributed by atoms with van der Waals surface area (Å²) in [5.74, 6) is 0.871.